The van der Waals surface area contributed by atoms with E-state index in [1.54, 1.807) is 11.2 Å². The predicted molar refractivity (Wildman–Crippen MR) is 171 cm³/mol. The van der Waals surface area contributed by atoms with E-state index >= 15 is 0 Å². The fraction of sp³-hybridized carbons (Fsp3) is 0.441. The number of Topliss-reactive ketones (excluding diaryl/α,β-unsaturated/α-hetero) is 1. The zero-order chi connectivity index (χ0) is 33.1. The molecular weight excluding hydrogens is 615 g/mol. The van der Waals surface area contributed by atoms with Gasteiger partial charge < -0.3 is 19.1 Å². The van der Waals surface area contributed by atoms with E-state index in [9.17, 15) is 27.7 Å². The van der Waals surface area contributed by atoms with E-state index in [1.165, 1.54) is 12.3 Å². The predicted octanol–water partition coefficient (Wildman–Crippen LogP) is 5.64. The third kappa shape index (κ3) is 7.17. The fourth-order valence-corrected chi connectivity index (χ4v) is 7.95. The second kappa shape index (κ2) is 14.0. The number of nitrogens with zero attached hydrogens (tertiary/aromatic N) is 2. The Kier molecular flexibility index (Phi) is 10.2. The van der Waals surface area contributed by atoms with E-state index in [0.29, 0.717) is 38.7 Å². The number of nitrogens with one attached hydrogen (secondary N) is 1. The Bertz CT molecular complexity index is 1710. The average Bonchev–Trinajstić information content (AvgIpc) is 3.01. The van der Waals surface area contributed by atoms with Gasteiger partial charge in [0.1, 0.15) is 29.5 Å². The molecular formula is C34H40F2N3O6P. The van der Waals surface area contributed by atoms with Crippen LogP contribution in [0.1, 0.15) is 65.1 Å². The molecule has 0 bridgehead atoms. The van der Waals surface area contributed by atoms with Crippen molar-refractivity contribution >= 4 is 19.1 Å². The molecule has 46 heavy (non-hydrogen) atoms. The van der Waals surface area contributed by atoms with Crippen LogP contribution in [0.25, 0.3) is 0 Å². The SMILES string of the molecule is CCOP(C)(=O)CCCN1CCC[C@]2(C)C(=O)c3c(OCc4ccccc4)c(=O)c(C(=O)NCc4ccc(F)cc4F)cn3C[C@H]12. The molecule has 3 heterocycles. The van der Waals surface area contributed by atoms with E-state index in [1.807, 2.05) is 44.2 Å². The molecule has 0 aliphatic carbocycles. The summed E-state index contributed by atoms with van der Waals surface area (Å²) < 4.78 is 53.5. The van der Waals surface area contributed by atoms with Gasteiger partial charge in [-0.25, -0.2) is 8.78 Å². The average molecular weight is 656 g/mol. The summed E-state index contributed by atoms with van der Waals surface area (Å²) in [5, 5.41) is 2.56. The number of aromatic nitrogens is 1. The van der Waals surface area contributed by atoms with E-state index in [2.05, 4.69) is 10.2 Å². The lowest BCUT2D eigenvalue weighted by atomic mass is 9.68. The molecule has 9 nitrogen and oxygen atoms in total. The van der Waals surface area contributed by atoms with Crippen LogP contribution >= 0.6 is 7.37 Å². The van der Waals surface area contributed by atoms with Gasteiger partial charge in [0.15, 0.2) is 18.9 Å². The number of hydrogen-bond donors (Lipinski definition) is 1. The van der Waals surface area contributed by atoms with Crippen molar-refractivity contribution in [3.05, 3.63) is 99.0 Å². The van der Waals surface area contributed by atoms with Gasteiger partial charge in [-0.3, -0.25) is 23.8 Å². The van der Waals surface area contributed by atoms with Crippen molar-refractivity contribution < 1.29 is 32.2 Å². The number of ether oxygens (including phenoxy) is 1. The summed E-state index contributed by atoms with van der Waals surface area (Å²) in [6, 6.07) is 12.0. The van der Waals surface area contributed by atoms with Crippen LogP contribution in [0, 0.1) is 17.0 Å². The lowest BCUT2D eigenvalue weighted by Crippen LogP contribution is -2.60. The third-order valence-electron chi connectivity index (χ3n) is 9.00. The number of carbonyl (C=O) groups excluding carboxylic acids is 2. The highest BCUT2D eigenvalue weighted by molar-refractivity contribution is 7.58. The number of likely N-dealkylation sites (tertiary alicyclic amines) is 1. The molecule has 2 aliphatic heterocycles. The number of halogens is 2. The first-order valence-corrected chi connectivity index (χ1v) is 17.9. The minimum absolute atomic E-state index is 0.00535. The number of carbonyl (C=O) groups is 2. The summed E-state index contributed by atoms with van der Waals surface area (Å²) in [6.45, 7) is 7.17. The molecule has 1 unspecified atom stereocenters. The second-order valence-corrected chi connectivity index (χ2v) is 15.0. The smallest absolute Gasteiger partial charge is 0.257 e. The lowest BCUT2D eigenvalue weighted by molar-refractivity contribution is 0.00738. The number of benzene rings is 2. The Labute approximate surface area is 267 Å². The highest BCUT2D eigenvalue weighted by Gasteiger charge is 2.51. The van der Waals surface area contributed by atoms with Crippen molar-refractivity contribution in [3.8, 4) is 5.75 Å². The fourth-order valence-electron chi connectivity index (χ4n) is 6.56. The van der Waals surface area contributed by atoms with Gasteiger partial charge in [0, 0.05) is 55.2 Å². The van der Waals surface area contributed by atoms with E-state index in [-0.39, 0.29) is 47.5 Å². The normalized spacial score (nSPS) is 20.8. The van der Waals surface area contributed by atoms with Gasteiger partial charge in [-0.05, 0) is 50.9 Å². The maximum Gasteiger partial charge on any atom is 0.257 e. The molecule has 2 aliphatic rings. The zero-order valence-corrected chi connectivity index (χ0v) is 27.3. The molecule has 1 aromatic heterocycles. The monoisotopic (exact) mass is 655 g/mol. The Morgan fingerprint density at radius 1 is 1.15 bits per heavy atom. The number of rotatable bonds is 12. The van der Waals surface area contributed by atoms with Gasteiger partial charge in [0.05, 0.1) is 6.61 Å². The molecule has 1 amide bonds. The van der Waals surface area contributed by atoms with Crippen LogP contribution < -0.4 is 15.5 Å². The molecule has 12 heteroatoms. The molecule has 0 saturated carbocycles. The van der Waals surface area contributed by atoms with Gasteiger partial charge >= 0.3 is 0 Å². The molecule has 246 valence electrons. The molecule has 3 atom stereocenters. The first kappa shape index (κ1) is 33.7. The molecule has 1 fully saturated rings. The summed E-state index contributed by atoms with van der Waals surface area (Å²) in [5.41, 5.74) is -0.850. The van der Waals surface area contributed by atoms with E-state index < -0.39 is 35.8 Å². The molecule has 5 rings (SSSR count). The summed E-state index contributed by atoms with van der Waals surface area (Å²) in [5.74, 6) is -2.77. The van der Waals surface area contributed by atoms with Crippen molar-refractivity contribution in [2.75, 3.05) is 32.5 Å². The Morgan fingerprint density at radius 2 is 1.91 bits per heavy atom. The standard InChI is InChI=1S/C34H40F2N3O6P/c1-4-45-46(3,43)17-9-16-38-15-8-14-34(2)28(38)21-39-20-26(33(42)37-19-24-12-13-25(35)18-27(24)36)30(40)31(29(39)32(34)41)44-22-23-10-6-5-7-11-23/h5-7,10-13,18,20,28H,4,8-9,14-17,19,21-22H2,1-3H3,(H,37,42)/t28-,34-,46?/m0/s1. The number of piperidine rings is 1. The molecule has 0 spiro atoms. The topological polar surface area (TPSA) is 107 Å². The first-order valence-electron chi connectivity index (χ1n) is 15.6. The van der Waals surface area contributed by atoms with Gasteiger partial charge in [-0.1, -0.05) is 43.3 Å². The maximum absolute atomic E-state index is 14.4. The van der Waals surface area contributed by atoms with Crippen LogP contribution in [0.2, 0.25) is 0 Å². The lowest BCUT2D eigenvalue weighted by Gasteiger charge is -2.50. The minimum Gasteiger partial charge on any atom is -0.483 e. The maximum atomic E-state index is 14.4. The quantitative estimate of drug-likeness (QED) is 0.252. The van der Waals surface area contributed by atoms with Gasteiger partial charge in [0.2, 0.25) is 5.43 Å². The Morgan fingerprint density at radius 3 is 2.63 bits per heavy atom. The van der Waals surface area contributed by atoms with Crippen LogP contribution in [0.4, 0.5) is 8.78 Å². The van der Waals surface area contributed by atoms with Crippen LogP contribution in [-0.4, -0.2) is 59.7 Å². The largest absolute Gasteiger partial charge is 0.483 e. The Balaban J connectivity index is 1.48. The van der Waals surface area contributed by atoms with Crippen LogP contribution in [0.5, 0.6) is 5.75 Å². The molecule has 0 radical (unpaired) electrons. The van der Waals surface area contributed by atoms with Crippen molar-refractivity contribution in [1.29, 1.82) is 0 Å². The molecule has 3 aromatic rings. The number of fused-ring (bicyclic) bond motifs is 2. The number of amides is 1. The summed E-state index contributed by atoms with van der Waals surface area (Å²) in [7, 11) is -2.71. The zero-order valence-electron chi connectivity index (χ0n) is 26.4. The first-order chi connectivity index (χ1) is 21.9. The number of hydrogen-bond acceptors (Lipinski definition) is 7. The van der Waals surface area contributed by atoms with Crippen molar-refractivity contribution in [3.63, 3.8) is 0 Å². The highest BCUT2D eigenvalue weighted by Crippen LogP contribution is 2.46. The highest BCUT2D eigenvalue weighted by atomic mass is 31.2. The van der Waals surface area contributed by atoms with Gasteiger partial charge in [-0.15, -0.1) is 0 Å². The van der Waals surface area contributed by atoms with Crippen molar-refractivity contribution in [2.24, 2.45) is 5.41 Å². The third-order valence-corrected chi connectivity index (χ3v) is 10.9. The summed E-state index contributed by atoms with van der Waals surface area (Å²) >= 11 is 0. The minimum atomic E-state index is -2.71. The Hall–Kier alpha value is -3.66. The second-order valence-electron chi connectivity index (χ2n) is 12.3. The van der Waals surface area contributed by atoms with E-state index in [0.717, 1.165) is 30.7 Å². The van der Waals surface area contributed by atoms with Gasteiger partial charge in [-0.2, -0.15) is 0 Å². The van der Waals surface area contributed by atoms with Crippen molar-refractivity contribution in [2.45, 2.75) is 58.8 Å². The molecule has 2 aromatic carbocycles. The molecule has 1 saturated heterocycles. The number of ketones is 1. The number of pyridine rings is 1. The summed E-state index contributed by atoms with van der Waals surface area (Å²) in [6.07, 6.45) is 3.83. The van der Waals surface area contributed by atoms with Crippen molar-refractivity contribution in [1.82, 2.24) is 14.8 Å². The van der Waals surface area contributed by atoms with Crippen LogP contribution in [0.15, 0.2) is 59.5 Å². The van der Waals surface area contributed by atoms with Gasteiger partial charge in [0.25, 0.3) is 5.91 Å². The summed E-state index contributed by atoms with van der Waals surface area (Å²) in [4.78, 5) is 43.9. The van der Waals surface area contributed by atoms with Crippen LogP contribution in [-0.2, 0) is 28.8 Å². The molecule has 1 N–H and O–H groups in total. The van der Waals surface area contributed by atoms with E-state index in [4.69, 9.17) is 9.26 Å². The van der Waals surface area contributed by atoms with Crippen LogP contribution in [0.3, 0.4) is 0 Å².